The van der Waals surface area contributed by atoms with E-state index in [-0.39, 0.29) is 5.91 Å². The number of carbonyl (C=O) groups excluding carboxylic acids is 1. The third kappa shape index (κ3) is 4.04. The molecular formula is C20H26N2O3. The number of benzene rings is 1. The number of furan rings is 1. The van der Waals surface area contributed by atoms with Crippen LogP contribution in [0.4, 0.5) is 0 Å². The molecule has 1 aromatic carbocycles. The topological polar surface area (TPSA) is 54.7 Å². The Balaban J connectivity index is 1.60. The summed E-state index contributed by atoms with van der Waals surface area (Å²) in [6.45, 7) is 6.47. The minimum atomic E-state index is -0.0204. The van der Waals surface area contributed by atoms with Gasteiger partial charge in [0.25, 0.3) is 5.91 Å². The summed E-state index contributed by atoms with van der Waals surface area (Å²) >= 11 is 0. The second-order valence-corrected chi connectivity index (χ2v) is 6.70. The lowest BCUT2D eigenvalue weighted by Crippen LogP contribution is -2.47. The summed E-state index contributed by atoms with van der Waals surface area (Å²) in [7, 11) is 1.70. The minimum Gasteiger partial charge on any atom is -0.496 e. The summed E-state index contributed by atoms with van der Waals surface area (Å²) in [5.74, 6) is 1.32. The third-order valence-corrected chi connectivity index (χ3v) is 4.88. The van der Waals surface area contributed by atoms with Gasteiger partial charge in [-0.05, 0) is 61.6 Å². The van der Waals surface area contributed by atoms with E-state index < -0.39 is 0 Å². The fourth-order valence-corrected chi connectivity index (χ4v) is 3.40. The van der Waals surface area contributed by atoms with E-state index in [1.54, 1.807) is 25.5 Å². The molecule has 0 aliphatic carbocycles. The number of ether oxygens (including phenoxy) is 1. The molecule has 1 N–H and O–H groups in total. The van der Waals surface area contributed by atoms with Crippen LogP contribution in [0.5, 0.6) is 5.75 Å². The first kappa shape index (κ1) is 17.5. The lowest BCUT2D eigenvalue weighted by molar-refractivity contribution is 0.0662. The van der Waals surface area contributed by atoms with Crippen LogP contribution in [0.2, 0.25) is 0 Å². The van der Waals surface area contributed by atoms with Gasteiger partial charge < -0.3 is 19.4 Å². The zero-order valence-electron chi connectivity index (χ0n) is 15.2. The highest BCUT2D eigenvalue weighted by molar-refractivity contribution is 5.91. The van der Waals surface area contributed by atoms with Gasteiger partial charge in [0, 0.05) is 25.7 Å². The van der Waals surface area contributed by atoms with Gasteiger partial charge in [-0.1, -0.05) is 6.07 Å². The Morgan fingerprint density at radius 1 is 1.36 bits per heavy atom. The molecule has 5 nitrogen and oxygen atoms in total. The number of amides is 1. The highest BCUT2D eigenvalue weighted by Crippen LogP contribution is 2.23. The summed E-state index contributed by atoms with van der Waals surface area (Å²) in [4.78, 5) is 14.3. The summed E-state index contributed by atoms with van der Waals surface area (Å²) < 4.78 is 10.6. The van der Waals surface area contributed by atoms with Crippen molar-refractivity contribution in [2.75, 3.05) is 20.2 Å². The molecule has 0 radical (unpaired) electrons. The van der Waals surface area contributed by atoms with Gasteiger partial charge in [0.2, 0.25) is 0 Å². The molecule has 1 atom stereocenters. The van der Waals surface area contributed by atoms with Gasteiger partial charge in [0.05, 0.1) is 13.4 Å². The molecule has 1 saturated heterocycles. The summed E-state index contributed by atoms with van der Waals surface area (Å²) in [6, 6.07) is 8.04. The quantitative estimate of drug-likeness (QED) is 0.906. The van der Waals surface area contributed by atoms with Gasteiger partial charge in [-0.15, -0.1) is 0 Å². The van der Waals surface area contributed by atoms with Crippen molar-refractivity contribution >= 4 is 5.91 Å². The standard InChI is InChI=1S/C20H26N2O3/c1-14-11-19(24-3)15(2)10-16(14)12-21-17-6-4-8-22(13-17)20(23)18-7-5-9-25-18/h5,7,9-11,17,21H,4,6,8,12-13H2,1-3H3. The molecule has 1 unspecified atom stereocenters. The van der Waals surface area contributed by atoms with Crippen molar-refractivity contribution in [1.82, 2.24) is 10.2 Å². The Hall–Kier alpha value is -2.27. The van der Waals surface area contributed by atoms with E-state index in [1.165, 1.54) is 11.1 Å². The molecule has 2 aromatic rings. The van der Waals surface area contributed by atoms with Gasteiger partial charge in [0.15, 0.2) is 5.76 Å². The minimum absolute atomic E-state index is 0.0204. The molecule has 0 spiro atoms. The molecule has 1 aromatic heterocycles. The van der Waals surface area contributed by atoms with Crippen LogP contribution < -0.4 is 10.1 Å². The summed E-state index contributed by atoms with van der Waals surface area (Å²) in [5, 5.41) is 3.61. The second kappa shape index (κ2) is 7.74. The van der Waals surface area contributed by atoms with Crippen LogP contribution in [0.1, 0.15) is 40.1 Å². The predicted octanol–water partition coefficient (Wildman–Crippen LogP) is 3.30. The number of rotatable bonds is 5. The Morgan fingerprint density at radius 3 is 2.92 bits per heavy atom. The van der Waals surface area contributed by atoms with E-state index in [1.807, 2.05) is 4.90 Å². The molecular weight excluding hydrogens is 316 g/mol. The van der Waals surface area contributed by atoms with E-state index >= 15 is 0 Å². The molecule has 1 fully saturated rings. The maximum atomic E-state index is 12.4. The van der Waals surface area contributed by atoms with Crippen LogP contribution in [-0.2, 0) is 6.54 Å². The Labute approximate surface area is 149 Å². The van der Waals surface area contributed by atoms with Gasteiger partial charge in [-0.3, -0.25) is 4.79 Å². The third-order valence-electron chi connectivity index (χ3n) is 4.88. The summed E-state index contributed by atoms with van der Waals surface area (Å²) in [5.41, 5.74) is 3.63. The van der Waals surface area contributed by atoms with Crippen LogP contribution in [0.25, 0.3) is 0 Å². The fraction of sp³-hybridized carbons (Fsp3) is 0.450. The highest BCUT2D eigenvalue weighted by Gasteiger charge is 2.25. The van der Waals surface area contributed by atoms with Crippen molar-refractivity contribution in [2.45, 2.75) is 39.3 Å². The first-order chi connectivity index (χ1) is 12.1. The van der Waals surface area contributed by atoms with Crippen LogP contribution in [0, 0.1) is 13.8 Å². The molecule has 1 aliphatic heterocycles. The maximum absolute atomic E-state index is 12.4. The van der Waals surface area contributed by atoms with Crippen molar-refractivity contribution in [3.63, 3.8) is 0 Å². The number of nitrogens with one attached hydrogen (secondary N) is 1. The van der Waals surface area contributed by atoms with Crippen LogP contribution >= 0.6 is 0 Å². The molecule has 134 valence electrons. The zero-order chi connectivity index (χ0) is 17.8. The van der Waals surface area contributed by atoms with Crippen LogP contribution in [0.15, 0.2) is 34.9 Å². The number of nitrogens with zero attached hydrogens (tertiary/aromatic N) is 1. The number of piperidine rings is 1. The Morgan fingerprint density at radius 2 is 2.20 bits per heavy atom. The molecule has 5 heteroatoms. The molecule has 2 heterocycles. The molecule has 1 amide bonds. The molecule has 0 bridgehead atoms. The average molecular weight is 342 g/mol. The SMILES string of the molecule is COc1cc(C)c(CNC2CCCN(C(=O)c3ccco3)C2)cc1C. The number of carbonyl (C=O) groups is 1. The molecule has 1 aliphatic rings. The van der Waals surface area contributed by atoms with E-state index in [2.05, 4.69) is 31.3 Å². The van der Waals surface area contributed by atoms with Crippen molar-refractivity contribution in [3.8, 4) is 5.75 Å². The van der Waals surface area contributed by atoms with Gasteiger partial charge in [-0.2, -0.15) is 0 Å². The van der Waals surface area contributed by atoms with E-state index in [4.69, 9.17) is 9.15 Å². The number of hydrogen-bond donors (Lipinski definition) is 1. The molecule has 3 rings (SSSR count). The highest BCUT2D eigenvalue weighted by atomic mass is 16.5. The van der Waals surface area contributed by atoms with Crippen LogP contribution in [-0.4, -0.2) is 37.0 Å². The second-order valence-electron chi connectivity index (χ2n) is 6.70. The van der Waals surface area contributed by atoms with Crippen molar-refractivity contribution in [2.24, 2.45) is 0 Å². The number of aryl methyl sites for hydroxylation is 2. The average Bonchev–Trinajstić information content (AvgIpc) is 3.16. The Bertz CT molecular complexity index is 725. The van der Waals surface area contributed by atoms with Crippen LogP contribution in [0.3, 0.4) is 0 Å². The predicted molar refractivity (Wildman–Crippen MR) is 96.9 cm³/mol. The number of likely N-dealkylation sites (tertiary alicyclic amines) is 1. The lowest BCUT2D eigenvalue weighted by atomic mass is 10.0. The van der Waals surface area contributed by atoms with E-state index in [0.717, 1.165) is 37.2 Å². The van der Waals surface area contributed by atoms with E-state index in [0.29, 0.717) is 18.3 Å². The smallest absolute Gasteiger partial charge is 0.289 e. The number of hydrogen-bond acceptors (Lipinski definition) is 4. The maximum Gasteiger partial charge on any atom is 0.289 e. The largest absolute Gasteiger partial charge is 0.496 e. The normalized spacial score (nSPS) is 17.6. The molecule has 25 heavy (non-hydrogen) atoms. The van der Waals surface area contributed by atoms with Gasteiger partial charge in [-0.25, -0.2) is 0 Å². The summed E-state index contributed by atoms with van der Waals surface area (Å²) in [6.07, 6.45) is 3.63. The van der Waals surface area contributed by atoms with Crippen molar-refractivity contribution < 1.29 is 13.9 Å². The number of methoxy groups -OCH3 is 1. The van der Waals surface area contributed by atoms with Gasteiger partial charge in [0.1, 0.15) is 5.75 Å². The van der Waals surface area contributed by atoms with Crippen molar-refractivity contribution in [1.29, 1.82) is 0 Å². The Kier molecular flexibility index (Phi) is 5.43. The first-order valence-electron chi connectivity index (χ1n) is 8.78. The first-order valence-corrected chi connectivity index (χ1v) is 8.78. The monoisotopic (exact) mass is 342 g/mol. The van der Waals surface area contributed by atoms with E-state index in [9.17, 15) is 4.79 Å². The van der Waals surface area contributed by atoms with Crippen molar-refractivity contribution in [3.05, 3.63) is 53.0 Å². The zero-order valence-corrected chi connectivity index (χ0v) is 15.2. The molecule has 0 saturated carbocycles. The fourth-order valence-electron chi connectivity index (χ4n) is 3.40. The van der Waals surface area contributed by atoms with Gasteiger partial charge >= 0.3 is 0 Å². The lowest BCUT2D eigenvalue weighted by Gasteiger charge is -2.33.